The zero-order valence-corrected chi connectivity index (χ0v) is 15.5. The van der Waals surface area contributed by atoms with Gasteiger partial charge in [-0.25, -0.2) is 4.98 Å². The Bertz CT molecular complexity index is 851. The van der Waals surface area contributed by atoms with E-state index in [1.807, 2.05) is 20.0 Å². The monoisotopic (exact) mass is 375 g/mol. The first-order chi connectivity index (χ1) is 10.9. The summed E-state index contributed by atoms with van der Waals surface area (Å²) in [7, 11) is 1.85. The molecule has 0 N–H and O–H groups in total. The second-order valence-electron chi connectivity index (χ2n) is 7.31. The Morgan fingerprint density at radius 1 is 1.30 bits per heavy atom. The molecule has 2 aliphatic rings. The van der Waals surface area contributed by atoms with Crippen molar-refractivity contribution in [2.75, 3.05) is 18.0 Å². The van der Waals surface area contributed by atoms with Crippen LogP contribution in [0.1, 0.15) is 42.1 Å². The lowest BCUT2D eigenvalue weighted by molar-refractivity contribution is 0.579. The van der Waals surface area contributed by atoms with Gasteiger partial charge in [0.1, 0.15) is 0 Å². The van der Waals surface area contributed by atoms with E-state index >= 15 is 0 Å². The van der Waals surface area contributed by atoms with E-state index in [1.54, 1.807) is 4.57 Å². The lowest BCUT2D eigenvalue weighted by atomic mass is 10.0. The maximum atomic E-state index is 12.9. The number of rotatable bonds is 2. The minimum atomic E-state index is 0.0554. The molecule has 1 aromatic heterocycles. The molecule has 0 amide bonds. The van der Waals surface area contributed by atoms with Gasteiger partial charge in [0.25, 0.3) is 5.56 Å². The number of halogens is 1. The third-order valence-corrected chi connectivity index (χ3v) is 5.93. The zero-order chi connectivity index (χ0) is 16.4. The minimum absolute atomic E-state index is 0.0554. The van der Waals surface area contributed by atoms with Crippen LogP contribution in [0.25, 0.3) is 10.9 Å². The van der Waals surface area contributed by atoms with Crippen LogP contribution in [-0.2, 0) is 7.05 Å². The van der Waals surface area contributed by atoms with E-state index in [9.17, 15) is 4.79 Å². The van der Waals surface area contributed by atoms with Crippen LogP contribution in [0, 0.1) is 12.3 Å². The predicted octanol–water partition coefficient (Wildman–Crippen LogP) is 3.69. The molecule has 1 aliphatic heterocycles. The quantitative estimate of drug-likeness (QED) is 0.751. The summed E-state index contributed by atoms with van der Waals surface area (Å²) >= 11 is 3.65. The summed E-state index contributed by atoms with van der Waals surface area (Å²) in [6.45, 7) is 6.17. The van der Waals surface area contributed by atoms with Crippen LogP contribution in [-0.4, -0.2) is 22.6 Å². The smallest absolute Gasteiger partial charge is 0.262 e. The second-order valence-corrected chi connectivity index (χ2v) is 8.69. The summed E-state index contributed by atoms with van der Waals surface area (Å²) < 4.78 is 1.73. The SMILES string of the molecule is Cc1cc(C(C)Br)c2nc(N3CCC4(CC4)C3)n(C)c(=O)c2c1. The van der Waals surface area contributed by atoms with Crippen molar-refractivity contribution in [1.82, 2.24) is 9.55 Å². The van der Waals surface area contributed by atoms with Crippen LogP contribution in [0.3, 0.4) is 0 Å². The van der Waals surface area contributed by atoms with Gasteiger partial charge in [-0.05, 0) is 55.7 Å². The highest BCUT2D eigenvalue weighted by Gasteiger charge is 2.48. The number of hydrogen-bond acceptors (Lipinski definition) is 3. The molecule has 0 radical (unpaired) electrons. The summed E-state index contributed by atoms with van der Waals surface area (Å²) in [6.07, 6.45) is 3.89. The first-order valence-electron chi connectivity index (χ1n) is 8.30. The fraction of sp³-hybridized carbons (Fsp3) is 0.556. The molecule has 2 heterocycles. The summed E-state index contributed by atoms with van der Waals surface area (Å²) in [5.74, 6) is 0.824. The number of hydrogen-bond donors (Lipinski definition) is 0. The van der Waals surface area contributed by atoms with Gasteiger partial charge in [0.2, 0.25) is 5.95 Å². The van der Waals surface area contributed by atoms with E-state index < -0.39 is 0 Å². The van der Waals surface area contributed by atoms with Gasteiger partial charge in [-0.15, -0.1) is 0 Å². The Balaban J connectivity index is 1.92. The van der Waals surface area contributed by atoms with Crippen molar-refractivity contribution >= 4 is 32.8 Å². The van der Waals surface area contributed by atoms with Crippen molar-refractivity contribution in [1.29, 1.82) is 0 Å². The molecule has 1 aliphatic carbocycles. The molecule has 2 aromatic rings. The highest BCUT2D eigenvalue weighted by atomic mass is 79.9. The molecule has 4 nitrogen and oxygen atoms in total. The summed E-state index contributed by atoms with van der Waals surface area (Å²) in [4.78, 5) is 20.3. The van der Waals surface area contributed by atoms with E-state index in [0.717, 1.165) is 41.1 Å². The van der Waals surface area contributed by atoms with Gasteiger partial charge in [-0.2, -0.15) is 0 Å². The van der Waals surface area contributed by atoms with Gasteiger partial charge in [-0.1, -0.05) is 22.0 Å². The number of nitrogens with zero attached hydrogens (tertiary/aromatic N) is 3. The molecule has 122 valence electrons. The van der Waals surface area contributed by atoms with E-state index in [2.05, 4.69) is 33.8 Å². The highest BCUT2D eigenvalue weighted by molar-refractivity contribution is 9.09. The first-order valence-corrected chi connectivity index (χ1v) is 9.22. The van der Waals surface area contributed by atoms with Crippen molar-refractivity contribution in [2.24, 2.45) is 12.5 Å². The molecular formula is C18H22BrN3O. The van der Waals surface area contributed by atoms with Crippen LogP contribution in [0.15, 0.2) is 16.9 Å². The third-order valence-electron chi connectivity index (χ3n) is 5.44. The van der Waals surface area contributed by atoms with Crippen molar-refractivity contribution in [3.63, 3.8) is 0 Å². The largest absolute Gasteiger partial charge is 0.342 e. The van der Waals surface area contributed by atoms with Crippen LogP contribution in [0.5, 0.6) is 0 Å². The van der Waals surface area contributed by atoms with Crippen LogP contribution < -0.4 is 10.5 Å². The van der Waals surface area contributed by atoms with Gasteiger partial charge in [-0.3, -0.25) is 9.36 Å². The number of aromatic nitrogens is 2. The van der Waals surface area contributed by atoms with E-state index in [-0.39, 0.29) is 10.4 Å². The topological polar surface area (TPSA) is 38.1 Å². The number of anilines is 1. The van der Waals surface area contributed by atoms with Crippen LogP contribution in [0.4, 0.5) is 5.95 Å². The van der Waals surface area contributed by atoms with Crippen molar-refractivity contribution in [3.05, 3.63) is 33.6 Å². The molecule has 0 bridgehead atoms. The number of benzene rings is 1. The Labute approximate surface area is 144 Å². The average molecular weight is 376 g/mol. The lowest BCUT2D eigenvalue weighted by Crippen LogP contribution is -2.30. The second kappa shape index (κ2) is 5.07. The molecule has 1 aromatic carbocycles. The average Bonchev–Trinajstić information content (AvgIpc) is 3.13. The summed E-state index contributed by atoms with van der Waals surface area (Å²) in [5.41, 5.74) is 3.61. The molecule has 1 atom stereocenters. The van der Waals surface area contributed by atoms with Crippen molar-refractivity contribution < 1.29 is 0 Å². The molecule has 2 fully saturated rings. The molecule has 23 heavy (non-hydrogen) atoms. The minimum Gasteiger partial charge on any atom is -0.342 e. The standard InChI is InChI=1S/C18H22BrN3O/c1-11-8-13(12(2)19)15-14(9-11)16(23)21(3)17(20-15)22-7-6-18(10-22)4-5-18/h8-9,12H,4-7,10H2,1-3H3. The summed E-state index contributed by atoms with van der Waals surface area (Å²) in [6, 6.07) is 4.09. The Hall–Kier alpha value is -1.36. The predicted molar refractivity (Wildman–Crippen MR) is 97.6 cm³/mol. The van der Waals surface area contributed by atoms with Crippen LogP contribution in [0.2, 0.25) is 0 Å². The van der Waals surface area contributed by atoms with Gasteiger partial charge >= 0.3 is 0 Å². The number of fused-ring (bicyclic) bond motifs is 1. The zero-order valence-electron chi connectivity index (χ0n) is 13.9. The molecule has 4 rings (SSSR count). The Morgan fingerprint density at radius 2 is 2.04 bits per heavy atom. The normalized spacial score (nSPS) is 20.4. The highest BCUT2D eigenvalue weighted by Crippen LogP contribution is 2.53. The lowest BCUT2D eigenvalue weighted by Gasteiger charge is -2.21. The van der Waals surface area contributed by atoms with Gasteiger partial charge in [0.15, 0.2) is 0 Å². The Morgan fingerprint density at radius 3 is 2.65 bits per heavy atom. The molecule has 1 spiro atoms. The fourth-order valence-electron chi connectivity index (χ4n) is 3.82. The summed E-state index contributed by atoms with van der Waals surface area (Å²) in [5, 5.41) is 0.720. The van der Waals surface area contributed by atoms with E-state index in [0.29, 0.717) is 5.41 Å². The van der Waals surface area contributed by atoms with E-state index in [1.165, 1.54) is 19.3 Å². The van der Waals surface area contributed by atoms with E-state index in [4.69, 9.17) is 4.98 Å². The number of alkyl halides is 1. The van der Waals surface area contributed by atoms with Crippen LogP contribution >= 0.6 is 15.9 Å². The first kappa shape index (κ1) is 15.2. The number of aryl methyl sites for hydroxylation is 1. The Kier molecular flexibility index (Phi) is 3.34. The molecule has 1 saturated heterocycles. The van der Waals surface area contributed by atoms with Gasteiger partial charge in [0.05, 0.1) is 10.9 Å². The maximum Gasteiger partial charge on any atom is 0.262 e. The van der Waals surface area contributed by atoms with Crippen molar-refractivity contribution in [3.8, 4) is 0 Å². The fourth-order valence-corrected chi connectivity index (χ4v) is 4.17. The molecule has 1 unspecified atom stereocenters. The maximum absolute atomic E-state index is 12.9. The molecular weight excluding hydrogens is 354 g/mol. The molecule has 1 saturated carbocycles. The van der Waals surface area contributed by atoms with Crippen molar-refractivity contribution in [2.45, 2.75) is 37.9 Å². The third kappa shape index (κ3) is 2.40. The van der Waals surface area contributed by atoms with Gasteiger partial charge < -0.3 is 4.90 Å². The van der Waals surface area contributed by atoms with Gasteiger partial charge in [0, 0.05) is 25.0 Å². The molecule has 5 heteroatoms.